The number of hydrogen-bond donors (Lipinski definition) is 0. The number of imide groups is 2. The van der Waals surface area contributed by atoms with Crippen molar-refractivity contribution in [2.24, 2.45) is 0 Å². The zero-order valence-corrected chi connectivity index (χ0v) is 70.0. The minimum atomic E-state index is -1.70. The maximum absolute atomic E-state index is 16.8. The maximum Gasteiger partial charge on any atom is 0.338 e. The lowest BCUT2D eigenvalue weighted by Gasteiger charge is -2.35. The van der Waals surface area contributed by atoms with Gasteiger partial charge in [-0.05, 0) is 210 Å². The van der Waals surface area contributed by atoms with E-state index in [1.807, 2.05) is 128 Å². The normalized spacial score (nSPS) is 13.3. The highest BCUT2D eigenvalue weighted by Crippen LogP contribution is 2.59. The topological polar surface area (TPSA) is 235 Å². The minimum Gasteiger partial charge on any atom is -0.456 e. The second-order valence-corrected chi connectivity index (χ2v) is 32.4. The Bertz CT molecular complexity index is 5350. The predicted octanol–water partition coefficient (Wildman–Crippen LogP) is 22.4. The molecule has 0 saturated heterocycles. The fourth-order valence-corrected chi connectivity index (χ4v) is 15.0. The molecular weight excluding hydrogens is 1490 g/mol. The van der Waals surface area contributed by atoms with Gasteiger partial charge in [-0.2, -0.15) is 0 Å². The van der Waals surface area contributed by atoms with Crippen molar-refractivity contribution in [1.82, 2.24) is 9.80 Å². The summed E-state index contributed by atoms with van der Waals surface area (Å²) >= 11 is 0. The van der Waals surface area contributed by atoms with E-state index in [4.69, 9.17) is 47.4 Å². The maximum atomic E-state index is 16.8. The first-order valence-electron chi connectivity index (χ1n) is 39.9. The van der Waals surface area contributed by atoms with Crippen LogP contribution in [0.3, 0.4) is 0 Å². The van der Waals surface area contributed by atoms with E-state index in [-0.39, 0.29) is 184 Å². The van der Waals surface area contributed by atoms with Gasteiger partial charge in [0.2, 0.25) is 0 Å². The summed E-state index contributed by atoms with van der Waals surface area (Å²) in [6, 6.07) is 37.6. The molecule has 0 spiro atoms. The van der Waals surface area contributed by atoms with Gasteiger partial charge in [0.15, 0.2) is 0 Å². The Morgan fingerprint density at radius 3 is 0.805 bits per heavy atom. The van der Waals surface area contributed by atoms with Crippen LogP contribution in [0.5, 0.6) is 69.0 Å². The molecule has 2 aliphatic rings. The van der Waals surface area contributed by atoms with Crippen LogP contribution in [0.25, 0.3) is 43.1 Å². The van der Waals surface area contributed by atoms with Gasteiger partial charge in [0.25, 0.3) is 23.6 Å². The number of esters is 4. The first-order chi connectivity index (χ1) is 56.1. The molecule has 2 aliphatic heterocycles. The number of rotatable bonds is 30. The van der Waals surface area contributed by atoms with Crippen molar-refractivity contribution in [3.63, 3.8) is 0 Å². The molecule has 2 heterocycles. The molecule has 20 heteroatoms. The molecule has 0 aliphatic carbocycles. The summed E-state index contributed by atoms with van der Waals surface area (Å²) in [6.07, 6.45) is -1.24. The van der Waals surface area contributed by atoms with Gasteiger partial charge in [-0.3, -0.25) is 29.0 Å². The lowest BCUT2D eigenvalue weighted by atomic mass is 9.80. The van der Waals surface area contributed by atoms with Gasteiger partial charge in [-0.15, -0.1) is 0 Å². The van der Waals surface area contributed by atoms with Crippen molar-refractivity contribution in [3.05, 3.63) is 237 Å². The van der Waals surface area contributed by atoms with E-state index in [2.05, 4.69) is 68.5 Å². The molecule has 0 fully saturated rings. The number of aryl methyl sites for hydroxylation is 4. The van der Waals surface area contributed by atoms with Crippen molar-refractivity contribution in [2.75, 3.05) is 13.2 Å². The Morgan fingerprint density at radius 1 is 0.322 bits per heavy atom. The summed E-state index contributed by atoms with van der Waals surface area (Å²) < 4.78 is 65.6. The van der Waals surface area contributed by atoms with Crippen LogP contribution in [0.1, 0.15) is 219 Å². The van der Waals surface area contributed by atoms with Crippen LogP contribution in [0.15, 0.2) is 170 Å². The standard InChI is InChI=1S/C98H98N2O18/c1-49(2)61-27-31-75(57(17)39-61)115-79-45-69-83-70(92(102)99(91(69)101)73(35-37-109-55(13)14)97(107)113-67-25-21-23-65(43-67)111-95(105)53(9)10)47-81(117-77-33-29-63(51(5)6)41-59(77)19)87-88-82(118-78-34-30-64(52(7)8)42-60(78)20)48-72-84-71(46-80(86(90(84)88)85(79)89(83)87)116-76-32-28-62(50(3)4)40-58(76)18)93(103)100(94(72)104)74(36-38-110-56(15)16)98(108)114-68-26-22-24-66(44-68)112-96(106)54(11)12/h21-34,39-52,55-56,73-74H,9,11,35-38H2,1-8,10,12-20H3. The first kappa shape index (κ1) is 83.4. The molecule has 118 heavy (non-hydrogen) atoms. The molecule has 608 valence electrons. The van der Waals surface area contributed by atoms with Gasteiger partial charge in [0, 0.05) is 92.4 Å². The number of carbonyl (C=O) groups is 8. The van der Waals surface area contributed by atoms with E-state index in [1.54, 1.807) is 24.3 Å². The summed E-state index contributed by atoms with van der Waals surface area (Å²) in [5, 5.41) is 1.50. The molecule has 0 aromatic heterocycles. The number of benzene rings is 11. The fourth-order valence-electron chi connectivity index (χ4n) is 15.0. The van der Waals surface area contributed by atoms with E-state index < -0.39 is 59.6 Å². The molecule has 2 unspecified atom stereocenters. The van der Waals surface area contributed by atoms with Crippen molar-refractivity contribution >= 4 is 90.6 Å². The molecule has 11 aromatic carbocycles. The van der Waals surface area contributed by atoms with Gasteiger partial charge in [0.05, 0.1) is 34.5 Å². The smallest absolute Gasteiger partial charge is 0.338 e. The Morgan fingerprint density at radius 2 is 0.576 bits per heavy atom. The molecule has 11 aromatic rings. The lowest BCUT2D eigenvalue weighted by Crippen LogP contribution is -2.52. The molecule has 2 atom stereocenters. The molecule has 4 amide bonds. The zero-order valence-electron chi connectivity index (χ0n) is 70.0. The number of nitrogens with zero attached hydrogens (tertiary/aromatic N) is 2. The fraction of sp³-hybridized carbons (Fsp3) is 0.306. The van der Waals surface area contributed by atoms with Crippen LogP contribution >= 0.6 is 0 Å². The zero-order chi connectivity index (χ0) is 84.9. The Hall–Kier alpha value is -12.5. The second-order valence-electron chi connectivity index (χ2n) is 32.4. The third-order valence-corrected chi connectivity index (χ3v) is 21.3. The Balaban J connectivity index is 1.18. The highest BCUT2D eigenvalue weighted by Gasteiger charge is 2.47. The van der Waals surface area contributed by atoms with E-state index in [9.17, 15) is 9.59 Å². The van der Waals surface area contributed by atoms with Gasteiger partial charge in [-0.1, -0.05) is 129 Å². The van der Waals surface area contributed by atoms with Crippen molar-refractivity contribution in [1.29, 1.82) is 0 Å². The molecule has 0 saturated carbocycles. The highest BCUT2D eigenvalue weighted by molar-refractivity contribution is 6.45. The minimum absolute atomic E-state index is 0.0166. The SMILES string of the molecule is C=C(C)C(=O)Oc1cccc(OC(=O)C(CCOC(C)C)N2C(=O)c3cc(Oc4ccc(C(C)C)cc4C)c4c5c(Oc6ccc(C(C)C)cc6C)cc6c7c(cc(Oc8ccc(C(C)C)cc8C)c(c8c(Oc9ccc(C(C)C)cc9C)cc(c3c48)C2=O)c75)C(=O)N(C(CCOC(C)C)C(=O)Oc2cccc(OC(=O)C(=C)C)c2)C6=O)c1. The van der Waals surface area contributed by atoms with E-state index in [0.29, 0.717) is 45.3 Å². The first-order valence-corrected chi connectivity index (χ1v) is 39.9. The number of hydrogen-bond acceptors (Lipinski definition) is 18. The highest BCUT2D eigenvalue weighted by atomic mass is 16.6. The second kappa shape index (κ2) is 34.0. The Kier molecular flexibility index (Phi) is 24.0. The van der Waals surface area contributed by atoms with E-state index in [0.717, 1.165) is 32.1 Å². The summed E-state index contributed by atoms with van der Waals surface area (Å²) in [4.78, 5) is 125. The molecule has 0 bridgehead atoms. The average molecular weight is 1590 g/mol. The largest absolute Gasteiger partial charge is 0.456 e. The molecule has 20 nitrogen and oxygen atoms in total. The molecule has 13 rings (SSSR count). The number of fused-ring (bicyclic) bond motifs is 2. The number of ether oxygens (including phenoxy) is 10. The van der Waals surface area contributed by atoms with Crippen LogP contribution in [-0.4, -0.2) is 94.8 Å². The van der Waals surface area contributed by atoms with Gasteiger partial charge in [0.1, 0.15) is 81.1 Å². The van der Waals surface area contributed by atoms with E-state index >= 15 is 28.8 Å². The lowest BCUT2D eigenvalue weighted by molar-refractivity contribution is -0.140. The number of carbonyl (C=O) groups excluding carboxylic acids is 8. The average Bonchev–Trinajstić information content (AvgIpc) is 0.669. The van der Waals surface area contributed by atoms with Crippen LogP contribution in [0.2, 0.25) is 0 Å². The van der Waals surface area contributed by atoms with Crippen LogP contribution < -0.4 is 37.9 Å². The van der Waals surface area contributed by atoms with Gasteiger partial charge in [-0.25, -0.2) is 19.2 Å². The van der Waals surface area contributed by atoms with Gasteiger partial charge >= 0.3 is 23.9 Å². The van der Waals surface area contributed by atoms with Crippen molar-refractivity contribution < 1.29 is 85.7 Å². The molecule has 0 N–H and O–H groups in total. The quantitative estimate of drug-likeness (QED) is 0.0102. The predicted molar refractivity (Wildman–Crippen MR) is 454 cm³/mol. The third-order valence-electron chi connectivity index (χ3n) is 21.3. The monoisotopic (exact) mass is 1590 g/mol. The molecular formula is C98H98N2O18. The van der Waals surface area contributed by atoms with E-state index in [1.165, 1.54) is 62.4 Å². The Labute approximate surface area is 686 Å². The third kappa shape index (κ3) is 16.7. The van der Waals surface area contributed by atoms with Gasteiger partial charge < -0.3 is 47.4 Å². The molecule has 0 radical (unpaired) electrons. The van der Waals surface area contributed by atoms with Crippen LogP contribution in [-0.2, 0) is 28.7 Å². The summed E-state index contributed by atoms with van der Waals surface area (Å²) in [6.45, 7) is 41.6. The van der Waals surface area contributed by atoms with Crippen LogP contribution in [0, 0.1) is 27.7 Å². The summed E-state index contributed by atoms with van der Waals surface area (Å²) in [5.74, 6) is -5.47. The summed E-state index contributed by atoms with van der Waals surface area (Å²) in [7, 11) is 0. The van der Waals surface area contributed by atoms with Crippen molar-refractivity contribution in [2.45, 2.75) is 185 Å². The number of amides is 4. The van der Waals surface area contributed by atoms with Crippen LogP contribution in [0.4, 0.5) is 0 Å². The summed E-state index contributed by atoms with van der Waals surface area (Å²) in [5.41, 5.74) is 6.64. The van der Waals surface area contributed by atoms with Crippen molar-refractivity contribution in [3.8, 4) is 69.0 Å².